The number of hydrogen-bond donors (Lipinski definition) is 0. The molecule has 2 heterocycles. The second-order valence-corrected chi connectivity index (χ2v) is 12.8. The zero-order valence-electron chi connectivity index (χ0n) is 23.1. The molecule has 6 aromatic carbocycles. The molecular formula is C39H19N3S2. The molecule has 2 aromatic heterocycles. The summed E-state index contributed by atoms with van der Waals surface area (Å²) in [6.45, 7) is 0. The molecule has 44 heavy (non-hydrogen) atoms. The molecule has 0 aliphatic rings. The predicted octanol–water partition coefficient (Wildman–Crippen LogP) is 11.0. The lowest BCUT2D eigenvalue weighted by Crippen LogP contribution is -1.95. The highest BCUT2D eigenvalue weighted by molar-refractivity contribution is 7.26. The third kappa shape index (κ3) is 4.06. The number of hydrogen-bond acceptors (Lipinski definition) is 5. The topological polar surface area (TPSA) is 71.4 Å². The Bertz CT molecular complexity index is 2600. The van der Waals surface area contributed by atoms with Crippen molar-refractivity contribution in [1.82, 2.24) is 0 Å². The van der Waals surface area contributed by atoms with E-state index in [1.165, 1.54) is 35.0 Å². The third-order valence-corrected chi connectivity index (χ3v) is 10.5. The van der Waals surface area contributed by atoms with Gasteiger partial charge >= 0.3 is 0 Å². The molecule has 0 amide bonds. The molecule has 0 unspecified atom stereocenters. The molecule has 0 saturated heterocycles. The maximum atomic E-state index is 10.6. The van der Waals surface area contributed by atoms with E-state index in [2.05, 4.69) is 97.1 Å². The Morgan fingerprint density at radius 3 is 1.64 bits per heavy atom. The Kier molecular flexibility index (Phi) is 6.00. The fourth-order valence-electron chi connectivity index (χ4n) is 6.15. The highest BCUT2D eigenvalue weighted by Crippen LogP contribution is 2.44. The molecule has 202 valence electrons. The summed E-state index contributed by atoms with van der Waals surface area (Å²) in [5, 5.41) is 35.0. The van der Waals surface area contributed by atoms with Crippen LogP contribution in [0.4, 0.5) is 0 Å². The summed E-state index contributed by atoms with van der Waals surface area (Å²) in [7, 11) is 0. The van der Waals surface area contributed by atoms with Gasteiger partial charge < -0.3 is 0 Å². The lowest BCUT2D eigenvalue weighted by molar-refractivity contribution is 1.43. The highest BCUT2D eigenvalue weighted by atomic mass is 32.1. The van der Waals surface area contributed by atoms with E-state index in [1.54, 1.807) is 34.8 Å². The van der Waals surface area contributed by atoms with E-state index in [0.29, 0.717) is 22.3 Å². The first-order chi connectivity index (χ1) is 21.6. The normalized spacial score (nSPS) is 11.1. The van der Waals surface area contributed by atoms with Gasteiger partial charge in [-0.2, -0.15) is 15.8 Å². The van der Waals surface area contributed by atoms with Crippen molar-refractivity contribution < 1.29 is 0 Å². The van der Waals surface area contributed by atoms with Crippen LogP contribution in [0.3, 0.4) is 0 Å². The highest BCUT2D eigenvalue weighted by Gasteiger charge is 2.20. The van der Waals surface area contributed by atoms with Crippen molar-refractivity contribution in [2.24, 2.45) is 0 Å². The van der Waals surface area contributed by atoms with E-state index in [-0.39, 0.29) is 0 Å². The van der Waals surface area contributed by atoms with Crippen LogP contribution < -0.4 is 0 Å². The zero-order valence-corrected chi connectivity index (χ0v) is 24.8. The summed E-state index contributed by atoms with van der Waals surface area (Å²) in [4.78, 5) is 0. The predicted molar refractivity (Wildman–Crippen MR) is 183 cm³/mol. The summed E-state index contributed by atoms with van der Waals surface area (Å²) in [5.74, 6) is 0. The van der Waals surface area contributed by atoms with Gasteiger partial charge in [-0.05, 0) is 82.9 Å². The molecule has 0 atom stereocenters. The molecule has 0 fully saturated rings. The second-order valence-electron chi connectivity index (χ2n) is 10.7. The van der Waals surface area contributed by atoms with Gasteiger partial charge in [0.25, 0.3) is 0 Å². The third-order valence-electron chi connectivity index (χ3n) is 8.19. The summed E-state index contributed by atoms with van der Waals surface area (Å²) >= 11 is 3.52. The number of fused-ring (bicyclic) bond motifs is 6. The van der Waals surface area contributed by atoms with Gasteiger partial charge in [-0.3, -0.25) is 0 Å². The maximum Gasteiger partial charge on any atom is 0.0998 e. The van der Waals surface area contributed by atoms with Crippen molar-refractivity contribution in [3.8, 4) is 51.6 Å². The summed E-state index contributed by atoms with van der Waals surface area (Å²) < 4.78 is 4.84. The van der Waals surface area contributed by atoms with Crippen molar-refractivity contribution in [1.29, 1.82) is 15.8 Å². The van der Waals surface area contributed by atoms with Gasteiger partial charge in [-0.1, -0.05) is 54.6 Å². The number of nitrogens with zero attached hydrogens (tertiary/aromatic N) is 3. The molecule has 3 nitrogen and oxygen atoms in total. The van der Waals surface area contributed by atoms with Crippen LogP contribution in [-0.4, -0.2) is 0 Å². The molecule has 0 N–H and O–H groups in total. The standard InChI is InChI=1S/C39H19N3S2/c40-20-23-9-12-29(27(15-23)21-41)34-19-26(24-10-13-37-32(17-24)30-5-1-3-7-35(30)43-37)16-28(22-42)39(34)25-11-14-38-33(18-25)31-6-2-4-8-36(31)44-38/h1-19H. The zero-order chi connectivity index (χ0) is 29.8. The Morgan fingerprint density at radius 1 is 0.409 bits per heavy atom. The Morgan fingerprint density at radius 2 is 1.00 bits per heavy atom. The van der Waals surface area contributed by atoms with Gasteiger partial charge in [0.15, 0.2) is 0 Å². The molecular weight excluding hydrogens is 575 g/mol. The van der Waals surface area contributed by atoms with Crippen molar-refractivity contribution in [2.45, 2.75) is 0 Å². The van der Waals surface area contributed by atoms with Crippen LogP contribution in [0.1, 0.15) is 16.7 Å². The van der Waals surface area contributed by atoms with Crippen LogP contribution in [0.5, 0.6) is 0 Å². The molecule has 0 spiro atoms. The molecule has 0 radical (unpaired) electrons. The van der Waals surface area contributed by atoms with Crippen molar-refractivity contribution in [3.63, 3.8) is 0 Å². The molecule has 5 heteroatoms. The van der Waals surface area contributed by atoms with Crippen LogP contribution >= 0.6 is 22.7 Å². The molecule has 0 bridgehead atoms. The summed E-state index contributed by atoms with van der Waals surface area (Å²) in [6.07, 6.45) is 0. The first-order valence-corrected chi connectivity index (χ1v) is 15.6. The second kappa shape index (κ2) is 10.2. The van der Waals surface area contributed by atoms with E-state index < -0.39 is 0 Å². The average Bonchev–Trinajstić information content (AvgIpc) is 3.65. The van der Waals surface area contributed by atoms with Crippen LogP contribution in [0.15, 0.2) is 115 Å². The van der Waals surface area contributed by atoms with Gasteiger partial charge in [0, 0.05) is 51.5 Å². The fraction of sp³-hybridized carbons (Fsp3) is 0. The molecule has 0 aliphatic heterocycles. The van der Waals surface area contributed by atoms with Gasteiger partial charge in [0.05, 0.1) is 34.9 Å². The smallest absolute Gasteiger partial charge is 0.0998 e. The molecule has 8 rings (SSSR count). The van der Waals surface area contributed by atoms with Crippen LogP contribution in [0, 0.1) is 34.0 Å². The minimum atomic E-state index is 0.396. The first-order valence-electron chi connectivity index (χ1n) is 14.0. The van der Waals surface area contributed by atoms with E-state index in [0.717, 1.165) is 33.2 Å². The van der Waals surface area contributed by atoms with E-state index in [9.17, 15) is 15.8 Å². The van der Waals surface area contributed by atoms with Crippen LogP contribution in [-0.2, 0) is 0 Å². The molecule has 0 saturated carbocycles. The minimum Gasteiger partial charge on any atom is -0.192 e. The van der Waals surface area contributed by atoms with E-state index in [4.69, 9.17) is 0 Å². The maximum absolute atomic E-state index is 10.6. The molecule has 0 aliphatic carbocycles. The van der Waals surface area contributed by atoms with Gasteiger partial charge in [0.1, 0.15) is 0 Å². The number of rotatable bonds is 3. The Balaban J connectivity index is 1.42. The quantitative estimate of drug-likeness (QED) is 0.205. The largest absolute Gasteiger partial charge is 0.192 e. The number of benzene rings is 6. The Labute approximate surface area is 261 Å². The molecule has 8 aromatic rings. The van der Waals surface area contributed by atoms with E-state index in [1.807, 2.05) is 24.3 Å². The van der Waals surface area contributed by atoms with Crippen molar-refractivity contribution in [2.75, 3.05) is 0 Å². The fourth-order valence-corrected chi connectivity index (χ4v) is 8.32. The summed E-state index contributed by atoms with van der Waals surface area (Å²) in [6, 6.07) is 45.7. The first kappa shape index (κ1) is 25.9. The van der Waals surface area contributed by atoms with Crippen LogP contribution in [0.25, 0.3) is 73.7 Å². The van der Waals surface area contributed by atoms with Gasteiger partial charge in [-0.25, -0.2) is 0 Å². The van der Waals surface area contributed by atoms with E-state index >= 15 is 0 Å². The van der Waals surface area contributed by atoms with Crippen LogP contribution in [0.2, 0.25) is 0 Å². The number of nitriles is 3. The summed E-state index contributed by atoms with van der Waals surface area (Å²) in [5.41, 5.74) is 6.40. The minimum absolute atomic E-state index is 0.396. The monoisotopic (exact) mass is 593 g/mol. The lowest BCUT2D eigenvalue weighted by atomic mass is 9.85. The van der Waals surface area contributed by atoms with Crippen molar-refractivity contribution >= 4 is 63.0 Å². The Hall–Kier alpha value is -5.77. The average molecular weight is 594 g/mol. The lowest BCUT2D eigenvalue weighted by Gasteiger charge is -2.17. The van der Waals surface area contributed by atoms with Gasteiger partial charge in [-0.15, -0.1) is 22.7 Å². The van der Waals surface area contributed by atoms with Gasteiger partial charge in [0.2, 0.25) is 0 Å². The SMILES string of the molecule is N#Cc1ccc(-c2cc(-c3ccc4sc5ccccc5c4c3)cc(C#N)c2-c2ccc3sc4ccccc4c3c2)c(C#N)c1. The number of thiophene rings is 2. The van der Waals surface area contributed by atoms with Crippen molar-refractivity contribution in [3.05, 3.63) is 132 Å².